The minimum absolute atomic E-state index is 0.172. The number of amides is 1. The molecule has 0 aliphatic carbocycles. The van der Waals surface area contributed by atoms with Gasteiger partial charge in [-0.05, 0) is 75.5 Å². The summed E-state index contributed by atoms with van der Waals surface area (Å²) in [4.78, 5) is 22.2. The van der Waals surface area contributed by atoms with Crippen molar-refractivity contribution >= 4 is 5.91 Å². The molecule has 0 aromatic carbocycles. The van der Waals surface area contributed by atoms with Crippen molar-refractivity contribution < 1.29 is 4.79 Å². The molecule has 3 atom stereocenters. The molecule has 34 heavy (non-hydrogen) atoms. The molecule has 3 unspecified atom stereocenters. The summed E-state index contributed by atoms with van der Waals surface area (Å²) in [6.07, 6.45) is 12.4. The van der Waals surface area contributed by atoms with Gasteiger partial charge in [0.05, 0.1) is 0 Å². The van der Waals surface area contributed by atoms with Crippen LogP contribution in [-0.2, 0) is 11.2 Å². The Morgan fingerprint density at radius 3 is 2.26 bits per heavy atom. The average molecular weight is 471 g/mol. The third-order valence-electron chi connectivity index (χ3n) is 7.24. The first-order chi connectivity index (χ1) is 16.3. The number of aromatic nitrogens is 1. The fourth-order valence-corrected chi connectivity index (χ4v) is 4.99. The van der Waals surface area contributed by atoms with E-state index < -0.39 is 0 Å². The molecule has 2 rings (SSSR count). The lowest BCUT2D eigenvalue weighted by molar-refractivity contribution is -0.137. The second-order valence-electron chi connectivity index (χ2n) is 10.6. The summed E-state index contributed by atoms with van der Waals surface area (Å²) in [6, 6.07) is 4.68. The fourth-order valence-electron chi connectivity index (χ4n) is 4.99. The number of nitrogens with zero attached hydrogens (tertiary/aromatic N) is 3. The molecule has 1 aliphatic heterocycles. The Hall–Kier alpha value is -1.88. The molecule has 0 radical (unpaired) electrons. The summed E-state index contributed by atoms with van der Waals surface area (Å²) >= 11 is 0. The number of nitrogens with one attached hydrogen (secondary N) is 1. The van der Waals surface area contributed by atoms with Crippen LogP contribution in [0.5, 0.6) is 0 Å². The third-order valence-corrected chi connectivity index (χ3v) is 7.24. The number of allylic oxidation sites excluding steroid dienone is 1. The molecule has 2 heterocycles. The Bertz CT molecular complexity index is 725. The Labute approximate surface area is 209 Å². The van der Waals surface area contributed by atoms with Crippen molar-refractivity contribution in [1.82, 2.24) is 20.1 Å². The third kappa shape index (κ3) is 9.77. The zero-order chi connectivity index (χ0) is 24.9. The topological polar surface area (TPSA) is 48.5 Å². The van der Waals surface area contributed by atoms with Crippen LogP contribution in [0, 0.1) is 17.8 Å². The van der Waals surface area contributed by atoms with E-state index >= 15 is 0 Å². The van der Waals surface area contributed by atoms with Crippen LogP contribution < -0.4 is 5.32 Å². The first-order valence-corrected chi connectivity index (χ1v) is 13.7. The van der Waals surface area contributed by atoms with Gasteiger partial charge in [0.15, 0.2) is 0 Å². The molecule has 1 aromatic heterocycles. The van der Waals surface area contributed by atoms with Gasteiger partial charge in [-0.1, -0.05) is 40.2 Å². The maximum absolute atomic E-state index is 13.4. The Kier molecular flexibility index (Phi) is 12.7. The van der Waals surface area contributed by atoms with Gasteiger partial charge in [0.1, 0.15) is 0 Å². The fraction of sp³-hybridized carbons (Fsp3) is 0.724. The molecule has 192 valence electrons. The molecule has 5 heteroatoms. The predicted octanol–water partition coefficient (Wildman–Crippen LogP) is 5.53. The zero-order valence-corrected chi connectivity index (χ0v) is 22.7. The maximum Gasteiger partial charge on any atom is 0.225 e. The second kappa shape index (κ2) is 15.2. The standard InChI is InChI=1S/C29H50N4O/c1-7-9-27(12-11-24(5)25(6)21-26-13-15-30-16-14-26)29(34)33-19-17-32(18-20-33)22-28(10-8-2)31-23(3)4/h10,13-16,23-25,27,31H,7-9,11-12,17-22H2,1-6H3/b28-10-. The number of carbonyl (C=O) groups is 1. The van der Waals surface area contributed by atoms with Crippen molar-refractivity contribution in [2.75, 3.05) is 32.7 Å². The van der Waals surface area contributed by atoms with Gasteiger partial charge < -0.3 is 10.2 Å². The molecule has 1 fully saturated rings. The molecule has 1 aliphatic rings. The quantitative estimate of drug-likeness (QED) is 0.388. The Balaban J connectivity index is 1.83. The van der Waals surface area contributed by atoms with E-state index in [1.807, 2.05) is 12.4 Å². The summed E-state index contributed by atoms with van der Waals surface area (Å²) in [5.74, 6) is 1.77. The van der Waals surface area contributed by atoms with E-state index in [-0.39, 0.29) is 5.92 Å². The molecule has 1 saturated heterocycles. The number of carbonyl (C=O) groups excluding carboxylic acids is 1. The van der Waals surface area contributed by atoms with E-state index in [4.69, 9.17) is 0 Å². The van der Waals surface area contributed by atoms with Gasteiger partial charge >= 0.3 is 0 Å². The number of rotatable bonds is 14. The number of hydrogen-bond acceptors (Lipinski definition) is 4. The smallest absolute Gasteiger partial charge is 0.225 e. The minimum atomic E-state index is 0.172. The van der Waals surface area contributed by atoms with Gasteiger partial charge in [0, 0.05) is 62.8 Å². The van der Waals surface area contributed by atoms with Crippen LogP contribution in [0.25, 0.3) is 0 Å². The van der Waals surface area contributed by atoms with E-state index in [1.165, 1.54) is 11.3 Å². The molecule has 1 N–H and O–H groups in total. The monoisotopic (exact) mass is 470 g/mol. The van der Waals surface area contributed by atoms with Crippen molar-refractivity contribution in [3.05, 3.63) is 41.9 Å². The summed E-state index contributed by atoms with van der Waals surface area (Å²) in [5.41, 5.74) is 2.67. The summed E-state index contributed by atoms with van der Waals surface area (Å²) in [5, 5.41) is 3.58. The molecule has 0 saturated carbocycles. The number of pyridine rings is 1. The van der Waals surface area contributed by atoms with Crippen LogP contribution in [0.1, 0.15) is 79.2 Å². The molecule has 0 spiro atoms. The van der Waals surface area contributed by atoms with E-state index in [9.17, 15) is 4.79 Å². The Morgan fingerprint density at radius 2 is 1.68 bits per heavy atom. The van der Waals surface area contributed by atoms with Gasteiger partial charge in [0.25, 0.3) is 0 Å². The van der Waals surface area contributed by atoms with Crippen molar-refractivity contribution in [2.24, 2.45) is 17.8 Å². The largest absolute Gasteiger partial charge is 0.385 e. The van der Waals surface area contributed by atoms with Crippen LogP contribution in [0.3, 0.4) is 0 Å². The highest BCUT2D eigenvalue weighted by molar-refractivity contribution is 5.79. The van der Waals surface area contributed by atoms with E-state index in [2.05, 4.69) is 79.9 Å². The zero-order valence-electron chi connectivity index (χ0n) is 22.7. The highest BCUT2D eigenvalue weighted by Crippen LogP contribution is 2.26. The summed E-state index contributed by atoms with van der Waals surface area (Å²) in [7, 11) is 0. The van der Waals surface area contributed by atoms with Crippen molar-refractivity contribution in [3.63, 3.8) is 0 Å². The van der Waals surface area contributed by atoms with Crippen LogP contribution in [0.15, 0.2) is 36.3 Å². The first kappa shape index (κ1) is 28.4. The number of hydrogen-bond donors (Lipinski definition) is 1. The molecule has 0 bridgehead atoms. The Morgan fingerprint density at radius 1 is 1.00 bits per heavy atom. The average Bonchev–Trinajstić information content (AvgIpc) is 2.82. The van der Waals surface area contributed by atoms with Gasteiger partial charge in [-0.25, -0.2) is 0 Å². The van der Waals surface area contributed by atoms with Crippen molar-refractivity contribution in [2.45, 2.75) is 86.1 Å². The van der Waals surface area contributed by atoms with Gasteiger partial charge in [-0.3, -0.25) is 14.7 Å². The number of piperazine rings is 1. The van der Waals surface area contributed by atoms with Crippen LogP contribution in [0.4, 0.5) is 0 Å². The molecular formula is C29H50N4O. The molecular weight excluding hydrogens is 420 g/mol. The molecule has 1 aromatic rings. The molecule has 1 amide bonds. The lowest BCUT2D eigenvalue weighted by atomic mass is 9.83. The SMILES string of the molecule is CC/C=C(/CN1CCN(C(=O)C(CCC)CCC(C)C(C)Cc2ccncc2)CC1)NC(C)C. The summed E-state index contributed by atoms with van der Waals surface area (Å²) < 4.78 is 0. The lowest BCUT2D eigenvalue weighted by Gasteiger charge is -2.37. The highest BCUT2D eigenvalue weighted by atomic mass is 16.2. The van der Waals surface area contributed by atoms with Crippen molar-refractivity contribution in [3.8, 4) is 0 Å². The van der Waals surface area contributed by atoms with Crippen molar-refractivity contribution in [1.29, 1.82) is 0 Å². The first-order valence-electron chi connectivity index (χ1n) is 13.7. The van der Waals surface area contributed by atoms with E-state index in [0.717, 1.165) is 71.2 Å². The second-order valence-corrected chi connectivity index (χ2v) is 10.6. The van der Waals surface area contributed by atoms with E-state index in [0.29, 0.717) is 23.8 Å². The van der Waals surface area contributed by atoms with Gasteiger partial charge in [-0.15, -0.1) is 0 Å². The van der Waals surface area contributed by atoms with Crippen LogP contribution in [-0.4, -0.2) is 59.5 Å². The minimum Gasteiger partial charge on any atom is -0.385 e. The van der Waals surface area contributed by atoms with E-state index in [1.54, 1.807) is 0 Å². The normalized spacial score (nSPS) is 18.1. The highest BCUT2D eigenvalue weighted by Gasteiger charge is 2.28. The predicted molar refractivity (Wildman–Crippen MR) is 144 cm³/mol. The summed E-state index contributed by atoms with van der Waals surface area (Å²) in [6.45, 7) is 18.1. The van der Waals surface area contributed by atoms with Gasteiger partial charge in [0.2, 0.25) is 5.91 Å². The van der Waals surface area contributed by atoms with Crippen LogP contribution >= 0.6 is 0 Å². The lowest BCUT2D eigenvalue weighted by Crippen LogP contribution is -2.51. The van der Waals surface area contributed by atoms with Gasteiger partial charge in [-0.2, -0.15) is 0 Å². The molecule has 5 nitrogen and oxygen atoms in total. The van der Waals surface area contributed by atoms with Crippen LogP contribution in [0.2, 0.25) is 0 Å². The maximum atomic E-state index is 13.4.